The Hall–Kier alpha value is -1.65. The molecule has 0 amide bonds. The first kappa shape index (κ1) is 25.0. The molecule has 0 aromatic rings. The highest BCUT2D eigenvalue weighted by molar-refractivity contribution is 5.96. The molecule has 5 rings (SSSR count). The molecule has 8 atom stereocenters. The maximum absolute atomic E-state index is 14.3. The molecule has 0 bridgehead atoms. The summed E-state index contributed by atoms with van der Waals surface area (Å²) in [7, 11) is 0. The molecule has 3 saturated carbocycles. The fourth-order valence-corrected chi connectivity index (χ4v) is 10.0. The van der Waals surface area contributed by atoms with Crippen LogP contribution in [0.1, 0.15) is 106 Å². The van der Waals surface area contributed by atoms with Gasteiger partial charge >= 0.3 is 11.9 Å². The molecule has 2 unspecified atom stereocenters. The summed E-state index contributed by atoms with van der Waals surface area (Å²) < 4.78 is 5.92. The third-order valence-corrected chi connectivity index (χ3v) is 12.4. The third-order valence-electron chi connectivity index (χ3n) is 12.4. The molecule has 194 valence electrons. The Morgan fingerprint density at radius 3 is 2.26 bits per heavy atom. The van der Waals surface area contributed by atoms with Gasteiger partial charge in [-0.15, -0.1) is 0 Å². The average Bonchev–Trinajstić information content (AvgIpc) is 2.83. The predicted octanol–water partition coefficient (Wildman–Crippen LogP) is 6.35. The maximum Gasteiger partial charge on any atom is 0.309 e. The lowest BCUT2D eigenvalue weighted by molar-refractivity contribution is -0.188. The van der Waals surface area contributed by atoms with Crippen molar-refractivity contribution in [2.24, 2.45) is 44.8 Å². The first-order valence-electron chi connectivity index (χ1n) is 13.7. The monoisotopic (exact) mass is 484 g/mol. The number of hydrogen-bond donors (Lipinski definition) is 1. The van der Waals surface area contributed by atoms with E-state index in [0.717, 1.165) is 32.1 Å². The standard InChI is InChI=1S/C30H44O5/c1-25(2)21-8-11-30(7)23(28(21,5)10-9-22(32)35-25)20(31)16-18-19-17-27(4,24(33)34)13-12-26(19,3)14-15-29(18,30)6/h16,19,21,23H,8-15,17H2,1-7H3,(H,33,34)/t19-,21?,23?,26+,27-,28-,29+,30+/m0/s1. The van der Waals surface area contributed by atoms with E-state index in [0.29, 0.717) is 25.7 Å². The van der Waals surface area contributed by atoms with Gasteiger partial charge in [0.15, 0.2) is 5.78 Å². The molecule has 0 spiro atoms. The summed E-state index contributed by atoms with van der Waals surface area (Å²) in [5, 5.41) is 10.1. The van der Waals surface area contributed by atoms with Crippen LogP contribution in [0.25, 0.3) is 0 Å². The molecule has 5 nitrogen and oxygen atoms in total. The number of rotatable bonds is 1. The zero-order chi connectivity index (χ0) is 25.8. The Morgan fingerprint density at radius 2 is 1.60 bits per heavy atom. The van der Waals surface area contributed by atoms with Gasteiger partial charge in [-0.25, -0.2) is 0 Å². The molecule has 0 aromatic carbocycles. The number of carbonyl (C=O) groups excluding carboxylic acids is 2. The quantitative estimate of drug-likeness (QED) is 0.439. The maximum atomic E-state index is 14.3. The second kappa shape index (κ2) is 7.22. The van der Waals surface area contributed by atoms with Crippen LogP contribution in [0.2, 0.25) is 0 Å². The Kier molecular flexibility index (Phi) is 5.16. The highest BCUT2D eigenvalue weighted by Crippen LogP contribution is 2.74. The van der Waals surface area contributed by atoms with Gasteiger partial charge in [-0.1, -0.05) is 33.3 Å². The van der Waals surface area contributed by atoms with Crippen LogP contribution in [0.4, 0.5) is 0 Å². The minimum absolute atomic E-state index is 0.0510. The molecule has 5 heteroatoms. The number of ketones is 1. The number of aliphatic carboxylic acids is 1. The van der Waals surface area contributed by atoms with Crippen LogP contribution < -0.4 is 0 Å². The molecule has 1 aliphatic heterocycles. The molecule has 4 aliphatic carbocycles. The number of fused-ring (bicyclic) bond motifs is 7. The first-order chi connectivity index (χ1) is 16.0. The molecular weight excluding hydrogens is 440 g/mol. The highest BCUT2D eigenvalue weighted by atomic mass is 16.6. The average molecular weight is 485 g/mol. The Labute approximate surface area is 210 Å². The van der Waals surface area contributed by atoms with Crippen molar-refractivity contribution < 1.29 is 24.2 Å². The van der Waals surface area contributed by atoms with Crippen LogP contribution >= 0.6 is 0 Å². The molecule has 1 heterocycles. The molecule has 4 fully saturated rings. The molecule has 0 radical (unpaired) electrons. The van der Waals surface area contributed by atoms with Crippen LogP contribution in [-0.4, -0.2) is 28.4 Å². The summed E-state index contributed by atoms with van der Waals surface area (Å²) in [6.45, 7) is 15.2. The lowest BCUT2D eigenvalue weighted by Gasteiger charge is -2.68. The molecule has 5 aliphatic rings. The number of ether oxygens (including phenoxy) is 1. The van der Waals surface area contributed by atoms with Gasteiger partial charge in [-0.05, 0) is 106 Å². The van der Waals surface area contributed by atoms with E-state index in [4.69, 9.17) is 4.74 Å². The van der Waals surface area contributed by atoms with E-state index in [2.05, 4.69) is 27.7 Å². The van der Waals surface area contributed by atoms with Gasteiger partial charge in [0.2, 0.25) is 0 Å². The number of carbonyl (C=O) groups is 3. The minimum atomic E-state index is -0.739. The molecule has 1 N–H and O–H groups in total. The predicted molar refractivity (Wildman–Crippen MR) is 133 cm³/mol. The number of cyclic esters (lactones) is 1. The van der Waals surface area contributed by atoms with Crippen LogP contribution in [0.5, 0.6) is 0 Å². The van der Waals surface area contributed by atoms with Crippen molar-refractivity contribution >= 4 is 17.7 Å². The summed E-state index contributed by atoms with van der Waals surface area (Å²) in [6, 6.07) is 0. The Bertz CT molecular complexity index is 1030. The van der Waals surface area contributed by atoms with Crippen molar-refractivity contribution in [2.75, 3.05) is 0 Å². The smallest absolute Gasteiger partial charge is 0.309 e. The van der Waals surface area contributed by atoms with Crippen LogP contribution in [0, 0.1) is 44.8 Å². The van der Waals surface area contributed by atoms with Crippen LogP contribution in [-0.2, 0) is 19.1 Å². The van der Waals surface area contributed by atoms with Gasteiger partial charge in [-0.3, -0.25) is 14.4 Å². The van der Waals surface area contributed by atoms with Crippen LogP contribution in [0.15, 0.2) is 11.6 Å². The second-order valence-electron chi connectivity index (χ2n) is 14.6. The van der Waals surface area contributed by atoms with Gasteiger partial charge < -0.3 is 9.84 Å². The van der Waals surface area contributed by atoms with E-state index < -0.39 is 17.0 Å². The number of esters is 1. The number of carboxylic acid groups (broad SMARTS) is 1. The SMILES string of the molecule is CC1(C)OC(=O)CC[C@@]2(C)C1CC[C@]1(C)C2C(=O)C=C2[C@@H]3C[C@@](C)(C(=O)O)CC[C@]3(C)CC[C@]21C. The van der Waals surface area contributed by atoms with Crippen LogP contribution in [0.3, 0.4) is 0 Å². The molecular formula is C30H44O5. The molecule has 0 aromatic heterocycles. The van der Waals surface area contributed by atoms with Crippen molar-refractivity contribution in [2.45, 2.75) is 112 Å². The third kappa shape index (κ3) is 3.14. The van der Waals surface area contributed by atoms with Gasteiger partial charge in [-0.2, -0.15) is 0 Å². The summed E-state index contributed by atoms with van der Waals surface area (Å²) in [4.78, 5) is 39.0. The highest BCUT2D eigenvalue weighted by Gasteiger charge is 2.69. The van der Waals surface area contributed by atoms with Crippen molar-refractivity contribution in [1.29, 1.82) is 0 Å². The fraction of sp³-hybridized carbons (Fsp3) is 0.833. The lowest BCUT2D eigenvalue weighted by Crippen LogP contribution is -2.65. The summed E-state index contributed by atoms with van der Waals surface area (Å²) in [5.41, 5.74) is -0.736. The Morgan fingerprint density at radius 1 is 0.943 bits per heavy atom. The van der Waals surface area contributed by atoms with E-state index in [-0.39, 0.29) is 51.2 Å². The zero-order valence-electron chi connectivity index (χ0n) is 22.8. The van der Waals surface area contributed by atoms with Gasteiger partial charge in [0.05, 0.1) is 5.41 Å². The normalized spacial score (nSPS) is 50.9. The molecule has 35 heavy (non-hydrogen) atoms. The first-order valence-corrected chi connectivity index (χ1v) is 13.7. The van der Waals surface area contributed by atoms with E-state index in [1.165, 1.54) is 5.57 Å². The van der Waals surface area contributed by atoms with E-state index in [9.17, 15) is 19.5 Å². The second-order valence-corrected chi connectivity index (χ2v) is 14.6. The summed E-state index contributed by atoms with van der Waals surface area (Å²) >= 11 is 0. The largest absolute Gasteiger partial charge is 0.481 e. The van der Waals surface area contributed by atoms with E-state index in [1.54, 1.807) is 0 Å². The van der Waals surface area contributed by atoms with E-state index >= 15 is 0 Å². The summed E-state index contributed by atoms with van der Waals surface area (Å²) in [6.07, 6.45) is 9.21. The summed E-state index contributed by atoms with van der Waals surface area (Å²) in [5.74, 6) is -0.558. The number of hydrogen-bond acceptors (Lipinski definition) is 4. The zero-order valence-corrected chi connectivity index (χ0v) is 22.8. The van der Waals surface area contributed by atoms with Gasteiger partial charge in [0.25, 0.3) is 0 Å². The topological polar surface area (TPSA) is 80.7 Å². The van der Waals surface area contributed by atoms with Crippen molar-refractivity contribution in [3.8, 4) is 0 Å². The van der Waals surface area contributed by atoms with Crippen molar-refractivity contribution in [3.05, 3.63) is 11.6 Å². The fourth-order valence-electron chi connectivity index (χ4n) is 10.0. The van der Waals surface area contributed by atoms with Gasteiger partial charge in [0, 0.05) is 18.3 Å². The number of allylic oxidation sites excluding steroid dienone is 2. The van der Waals surface area contributed by atoms with Crippen molar-refractivity contribution in [1.82, 2.24) is 0 Å². The van der Waals surface area contributed by atoms with Crippen molar-refractivity contribution in [3.63, 3.8) is 0 Å². The minimum Gasteiger partial charge on any atom is -0.481 e. The molecule has 1 saturated heterocycles. The van der Waals surface area contributed by atoms with Gasteiger partial charge in [0.1, 0.15) is 5.60 Å². The Balaban J connectivity index is 1.63. The van der Waals surface area contributed by atoms with E-state index in [1.807, 2.05) is 26.8 Å². The lowest BCUT2D eigenvalue weighted by atomic mass is 9.35. The number of carboxylic acids is 1.